The number of rotatable bonds is 6. The standard InChI is InChI=1S/C22H24N4O3/c1-16-5-3-6-17(11-16)13-25-9-10-29-21(25)20-15-26(24-23-20)14-18-7-4-8-19(12-18)22(27)28-2/h3-8,11-12,15,21H,9-10,13-14H2,1-2H3/t21-/m0/s1. The molecule has 2 aromatic carbocycles. The van der Waals surface area contributed by atoms with Crippen LogP contribution in [0.4, 0.5) is 0 Å². The molecule has 1 aliphatic rings. The van der Waals surface area contributed by atoms with Gasteiger partial charge in [-0.05, 0) is 30.2 Å². The summed E-state index contributed by atoms with van der Waals surface area (Å²) in [5.41, 5.74) is 4.77. The average Bonchev–Trinajstić information content (AvgIpc) is 3.37. The Kier molecular flexibility index (Phi) is 5.69. The van der Waals surface area contributed by atoms with Crippen LogP contribution in [0.15, 0.2) is 54.7 Å². The number of hydrogen-bond acceptors (Lipinski definition) is 6. The number of methoxy groups -OCH3 is 1. The summed E-state index contributed by atoms with van der Waals surface area (Å²) in [5, 5.41) is 8.58. The van der Waals surface area contributed by atoms with Gasteiger partial charge in [0.1, 0.15) is 5.69 Å². The molecule has 1 fully saturated rings. The molecule has 1 saturated heterocycles. The Morgan fingerprint density at radius 3 is 2.76 bits per heavy atom. The minimum Gasteiger partial charge on any atom is -0.465 e. The number of benzene rings is 2. The molecule has 1 aliphatic heterocycles. The number of esters is 1. The molecular weight excluding hydrogens is 368 g/mol. The van der Waals surface area contributed by atoms with E-state index in [9.17, 15) is 4.79 Å². The van der Waals surface area contributed by atoms with Gasteiger partial charge in [-0.2, -0.15) is 0 Å². The summed E-state index contributed by atoms with van der Waals surface area (Å²) in [4.78, 5) is 14.0. The Morgan fingerprint density at radius 1 is 1.17 bits per heavy atom. The Morgan fingerprint density at radius 2 is 1.97 bits per heavy atom. The molecule has 1 aromatic heterocycles. The van der Waals surface area contributed by atoms with E-state index in [1.807, 2.05) is 24.4 Å². The van der Waals surface area contributed by atoms with Crippen LogP contribution in [0.1, 0.15) is 39.0 Å². The van der Waals surface area contributed by atoms with Crippen molar-refractivity contribution in [1.29, 1.82) is 0 Å². The number of nitrogens with zero attached hydrogens (tertiary/aromatic N) is 4. The van der Waals surface area contributed by atoms with E-state index in [1.165, 1.54) is 18.2 Å². The molecular formula is C22H24N4O3. The van der Waals surface area contributed by atoms with Gasteiger partial charge in [-0.25, -0.2) is 9.48 Å². The van der Waals surface area contributed by atoms with Gasteiger partial charge >= 0.3 is 5.97 Å². The lowest BCUT2D eigenvalue weighted by Gasteiger charge is -2.21. The molecule has 0 radical (unpaired) electrons. The molecule has 1 atom stereocenters. The van der Waals surface area contributed by atoms with Crippen LogP contribution in [0.3, 0.4) is 0 Å². The SMILES string of the molecule is COC(=O)c1cccc(Cn2cc([C@@H]3OCCN3Cc3cccc(C)c3)nn2)c1. The lowest BCUT2D eigenvalue weighted by atomic mass is 10.1. The predicted octanol–water partition coefficient (Wildman–Crippen LogP) is 2.95. The first kappa shape index (κ1) is 19.3. The van der Waals surface area contributed by atoms with Crippen molar-refractivity contribution in [3.63, 3.8) is 0 Å². The van der Waals surface area contributed by atoms with E-state index in [1.54, 1.807) is 10.7 Å². The van der Waals surface area contributed by atoms with Crippen LogP contribution < -0.4 is 0 Å². The Hall–Kier alpha value is -3.03. The highest BCUT2D eigenvalue weighted by molar-refractivity contribution is 5.89. The van der Waals surface area contributed by atoms with Crippen LogP contribution in [0.2, 0.25) is 0 Å². The highest BCUT2D eigenvalue weighted by atomic mass is 16.5. The second-order valence-electron chi connectivity index (χ2n) is 7.22. The Bertz CT molecular complexity index is 1000. The number of hydrogen-bond donors (Lipinski definition) is 0. The van der Waals surface area contributed by atoms with Crippen molar-refractivity contribution in [1.82, 2.24) is 19.9 Å². The van der Waals surface area contributed by atoms with E-state index in [0.717, 1.165) is 24.3 Å². The quantitative estimate of drug-likeness (QED) is 0.601. The molecule has 0 spiro atoms. The van der Waals surface area contributed by atoms with Crippen LogP contribution in [0, 0.1) is 6.92 Å². The summed E-state index contributed by atoms with van der Waals surface area (Å²) in [6, 6.07) is 15.8. The minimum absolute atomic E-state index is 0.203. The topological polar surface area (TPSA) is 69.5 Å². The second kappa shape index (κ2) is 8.55. The second-order valence-corrected chi connectivity index (χ2v) is 7.22. The maximum Gasteiger partial charge on any atom is 0.337 e. The fraction of sp³-hybridized carbons (Fsp3) is 0.318. The van der Waals surface area contributed by atoms with Gasteiger partial charge in [-0.15, -0.1) is 5.10 Å². The third-order valence-corrected chi connectivity index (χ3v) is 4.96. The number of ether oxygens (including phenoxy) is 2. The zero-order chi connectivity index (χ0) is 20.2. The molecule has 4 rings (SSSR count). The van der Waals surface area contributed by atoms with Crippen LogP contribution in [0.25, 0.3) is 0 Å². The number of carbonyl (C=O) groups excluding carboxylic acids is 1. The van der Waals surface area contributed by atoms with E-state index in [0.29, 0.717) is 18.7 Å². The van der Waals surface area contributed by atoms with E-state index in [2.05, 4.69) is 46.4 Å². The lowest BCUT2D eigenvalue weighted by molar-refractivity contribution is 0.0252. The summed E-state index contributed by atoms with van der Waals surface area (Å²) < 4.78 is 12.5. The lowest BCUT2D eigenvalue weighted by Crippen LogP contribution is -2.23. The van der Waals surface area contributed by atoms with Gasteiger partial charge in [0.25, 0.3) is 0 Å². The van der Waals surface area contributed by atoms with E-state index in [4.69, 9.17) is 9.47 Å². The van der Waals surface area contributed by atoms with Crippen LogP contribution in [-0.2, 0) is 22.6 Å². The first-order valence-electron chi connectivity index (χ1n) is 9.61. The van der Waals surface area contributed by atoms with Gasteiger partial charge in [0.05, 0.1) is 32.0 Å². The largest absolute Gasteiger partial charge is 0.465 e. The summed E-state index contributed by atoms with van der Waals surface area (Å²) in [6.07, 6.45) is 1.70. The van der Waals surface area contributed by atoms with Crippen molar-refractivity contribution < 1.29 is 14.3 Å². The van der Waals surface area contributed by atoms with Gasteiger partial charge in [0, 0.05) is 13.1 Å². The highest BCUT2D eigenvalue weighted by Gasteiger charge is 2.29. The Labute approximate surface area is 169 Å². The maximum absolute atomic E-state index is 11.7. The number of aromatic nitrogens is 3. The van der Waals surface area contributed by atoms with Crippen molar-refractivity contribution >= 4 is 5.97 Å². The number of carbonyl (C=O) groups is 1. The van der Waals surface area contributed by atoms with Crippen LogP contribution >= 0.6 is 0 Å². The van der Waals surface area contributed by atoms with Gasteiger partial charge in [0.15, 0.2) is 6.23 Å². The Balaban J connectivity index is 1.46. The van der Waals surface area contributed by atoms with E-state index < -0.39 is 0 Å². The molecule has 0 bridgehead atoms. The molecule has 3 aromatic rings. The van der Waals surface area contributed by atoms with E-state index >= 15 is 0 Å². The first-order valence-corrected chi connectivity index (χ1v) is 9.61. The smallest absolute Gasteiger partial charge is 0.337 e. The fourth-order valence-corrected chi connectivity index (χ4v) is 3.59. The molecule has 0 N–H and O–H groups in total. The van der Waals surface area contributed by atoms with E-state index in [-0.39, 0.29) is 12.2 Å². The maximum atomic E-state index is 11.7. The van der Waals surface area contributed by atoms with Gasteiger partial charge in [0.2, 0.25) is 0 Å². The molecule has 0 aliphatic carbocycles. The summed E-state index contributed by atoms with van der Waals surface area (Å²) in [7, 11) is 1.38. The first-order chi connectivity index (χ1) is 14.1. The summed E-state index contributed by atoms with van der Waals surface area (Å²) in [6.45, 7) is 4.95. The normalized spacial score (nSPS) is 16.8. The van der Waals surface area contributed by atoms with Crippen molar-refractivity contribution in [3.8, 4) is 0 Å². The zero-order valence-electron chi connectivity index (χ0n) is 16.6. The molecule has 0 amide bonds. The minimum atomic E-state index is -0.350. The molecule has 0 saturated carbocycles. The average molecular weight is 392 g/mol. The van der Waals surface area contributed by atoms with Crippen molar-refractivity contribution in [2.75, 3.05) is 20.3 Å². The molecule has 7 heteroatoms. The fourth-order valence-electron chi connectivity index (χ4n) is 3.59. The van der Waals surface area contributed by atoms with Gasteiger partial charge < -0.3 is 9.47 Å². The molecule has 7 nitrogen and oxygen atoms in total. The molecule has 150 valence electrons. The molecule has 2 heterocycles. The van der Waals surface area contributed by atoms with Gasteiger partial charge in [-0.3, -0.25) is 4.90 Å². The third kappa shape index (κ3) is 4.52. The summed E-state index contributed by atoms with van der Waals surface area (Å²) in [5.74, 6) is -0.350. The van der Waals surface area contributed by atoms with Crippen molar-refractivity contribution in [2.45, 2.75) is 26.2 Å². The monoisotopic (exact) mass is 392 g/mol. The molecule has 0 unspecified atom stereocenters. The molecule has 29 heavy (non-hydrogen) atoms. The van der Waals surface area contributed by atoms with Crippen molar-refractivity contribution in [3.05, 3.63) is 82.7 Å². The van der Waals surface area contributed by atoms with Crippen molar-refractivity contribution in [2.24, 2.45) is 0 Å². The van der Waals surface area contributed by atoms with Crippen LogP contribution in [-0.4, -0.2) is 46.1 Å². The summed E-state index contributed by atoms with van der Waals surface area (Å²) >= 11 is 0. The zero-order valence-corrected chi connectivity index (χ0v) is 16.6. The third-order valence-electron chi connectivity index (χ3n) is 4.96. The number of aryl methyl sites for hydroxylation is 1. The highest BCUT2D eigenvalue weighted by Crippen LogP contribution is 2.27. The predicted molar refractivity (Wildman–Crippen MR) is 107 cm³/mol. The van der Waals surface area contributed by atoms with Gasteiger partial charge in [-0.1, -0.05) is 47.2 Å². The van der Waals surface area contributed by atoms with Crippen LogP contribution in [0.5, 0.6) is 0 Å².